The van der Waals surface area contributed by atoms with E-state index in [1.54, 1.807) is 48.2 Å². The molecule has 0 spiro atoms. The number of piperazine rings is 1. The van der Waals surface area contributed by atoms with Gasteiger partial charge in [0.05, 0.1) is 10.1 Å². The molecule has 3 rings (SSSR count). The summed E-state index contributed by atoms with van der Waals surface area (Å²) in [5.74, 6) is 0.305. The SMILES string of the molecule is Cc1cc(N)nc(SC(C)C(=O)N2CCN(S(=O)(=O)c3ccccc3)CC2)n1. The van der Waals surface area contributed by atoms with Gasteiger partial charge in [-0.05, 0) is 26.0 Å². The Kier molecular flexibility index (Phi) is 6.21. The van der Waals surface area contributed by atoms with E-state index in [2.05, 4.69) is 9.97 Å². The molecule has 0 saturated carbocycles. The number of anilines is 1. The lowest BCUT2D eigenvalue weighted by atomic mass is 10.3. The fourth-order valence-corrected chi connectivity index (χ4v) is 5.34. The van der Waals surface area contributed by atoms with Crippen LogP contribution in [-0.4, -0.2) is 64.9 Å². The van der Waals surface area contributed by atoms with Crippen LogP contribution in [0.4, 0.5) is 5.82 Å². The molecule has 2 heterocycles. The highest BCUT2D eigenvalue weighted by molar-refractivity contribution is 8.00. The Hall–Kier alpha value is -2.17. The van der Waals surface area contributed by atoms with Gasteiger partial charge in [-0.25, -0.2) is 18.4 Å². The lowest BCUT2D eigenvalue weighted by Crippen LogP contribution is -2.52. The number of thioether (sulfide) groups is 1. The van der Waals surface area contributed by atoms with E-state index in [9.17, 15) is 13.2 Å². The van der Waals surface area contributed by atoms with Gasteiger partial charge in [0, 0.05) is 37.9 Å². The summed E-state index contributed by atoms with van der Waals surface area (Å²) in [5, 5.41) is 0.0714. The Morgan fingerprint density at radius 1 is 1.14 bits per heavy atom. The molecule has 0 radical (unpaired) electrons. The standard InChI is InChI=1S/C18H23N5O3S2/c1-13-12-16(19)21-18(20-13)27-14(2)17(24)22-8-10-23(11-9-22)28(25,26)15-6-4-3-5-7-15/h3-7,12,14H,8-11H2,1-2H3,(H2,19,20,21). The molecule has 150 valence electrons. The Morgan fingerprint density at radius 2 is 1.79 bits per heavy atom. The van der Waals surface area contributed by atoms with Crippen molar-refractivity contribution in [3.8, 4) is 0 Å². The van der Waals surface area contributed by atoms with Gasteiger partial charge in [-0.15, -0.1) is 0 Å². The molecule has 1 aliphatic heterocycles. The van der Waals surface area contributed by atoms with Crippen LogP contribution in [0.1, 0.15) is 12.6 Å². The van der Waals surface area contributed by atoms with Crippen LogP contribution in [-0.2, 0) is 14.8 Å². The number of nitrogens with zero attached hydrogens (tertiary/aromatic N) is 4. The first-order valence-corrected chi connectivity index (χ1v) is 11.2. The second kappa shape index (κ2) is 8.46. The fraction of sp³-hybridized carbons (Fsp3) is 0.389. The maximum absolute atomic E-state index is 12.7. The molecular formula is C18H23N5O3S2. The molecule has 2 N–H and O–H groups in total. The van der Waals surface area contributed by atoms with Crippen molar-refractivity contribution in [1.29, 1.82) is 0 Å². The van der Waals surface area contributed by atoms with E-state index in [4.69, 9.17) is 5.73 Å². The van der Waals surface area contributed by atoms with Crippen LogP contribution >= 0.6 is 11.8 Å². The highest BCUT2D eigenvalue weighted by Crippen LogP contribution is 2.24. The van der Waals surface area contributed by atoms with Gasteiger partial charge in [-0.3, -0.25) is 4.79 Å². The van der Waals surface area contributed by atoms with Gasteiger partial charge in [0.2, 0.25) is 15.9 Å². The second-order valence-electron chi connectivity index (χ2n) is 6.52. The van der Waals surface area contributed by atoms with Crippen LogP contribution in [0, 0.1) is 6.92 Å². The van der Waals surface area contributed by atoms with Crippen LogP contribution < -0.4 is 5.73 Å². The summed E-state index contributed by atoms with van der Waals surface area (Å²) in [5.41, 5.74) is 6.48. The Labute approximate surface area is 169 Å². The number of aromatic nitrogens is 2. The molecule has 8 nitrogen and oxygen atoms in total. The molecular weight excluding hydrogens is 398 g/mol. The third-order valence-corrected chi connectivity index (χ3v) is 7.28. The smallest absolute Gasteiger partial charge is 0.243 e. The molecule has 1 atom stereocenters. The molecule has 10 heteroatoms. The predicted octanol–water partition coefficient (Wildman–Crippen LogP) is 1.38. The van der Waals surface area contributed by atoms with E-state index in [0.717, 1.165) is 5.69 Å². The molecule has 28 heavy (non-hydrogen) atoms. The van der Waals surface area contributed by atoms with Crippen molar-refractivity contribution in [3.05, 3.63) is 42.1 Å². The molecule has 2 aromatic rings. The van der Waals surface area contributed by atoms with Crippen molar-refractivity contribution >= 4 is 33.5 Å². The summed E-state index contributed by atoms with van der Waals surface area (Å²) in [6.07, 6.45) is 0. The van der Waals surface area contributed by atoms with Crippen molar-refractivity contribution in [2.24, 2.45) is 0 Å². The normalized spacial score (nSPS) is 16.7. The van der Waals surface area contributed by atoms with E-state index in [-0.39, 0.29) is 23.9 Å². The third kappa shape index (κ3) is 4.62. The van der Waals surface area contributed by atoms with Gasteiger partial charge in [-0.2, -0.15) is 4.31 Å². The zero-order valence-electron chi connectivity index (χ0n) is 15.8. The molecule has 1 saturated heterocycles. The number of nitrogens with two attached hydrogens (primary N) is 1. The van der Waals surface area contributed by atoms with Crippen molar-refractivity contribution in [2.45, 2.75) is 29.1 Å². The number of carbonyl (C=O) groups excluding carboxylic acids is 1. The molecule has 1 aromatic carbocycles. The molecule has 1 aromatic heterocycles. The lowest BCUT2D eigenvalue weighted by molar-refractivity contribution is -0.131. The number of sulfonamides is 1. The highest BCUT2D eigenvalue weighted by atomic mass is 32.2. The zero-order valence-corrected chi connectivity index (χ0v) is 17.4. The van der Waals surface area contributed by atoms with Crippen molar-refractivity contribution in [1.82, 2.24) is 19.2 Å². The quantitative estimate of drug-likeness (QED) is 0.574. The molecule has 1 aliphatic rings. The summed E-state index contributed by atoms with van der Waals surface area (Å²) in [6, 6.07) is 10.0. The monoisotopic (exact) mass is 421 g/mol. The topological polar surface area (TPSA) is 109 Å². The second-order valence-corrected chi connectivity index (χ2v) is 9.77. The van der Waals surface area contributed by atoms with Crippen LogP contribution in [0.5, 0.6) is 0 Å². The molecule has 1 unspecified atom stereocenters. The highest BCUT2D eigenvalue weighted by Gasteiger charge is 2.31. The van der Waals surface area contributed by atoms with Gasteiger partial charge in [0.1, 0.15) is 5.82 Å². The summed E-state index contributed by atoms with van der Waals surface area (Å²) in [7, 11) is -3.53. The van der Waals surface area contributed by atoms with E-state index in [1.807, 2.05) is 6.92 Å². The number of hydrogen-bond donors (Lipinski definition) is 1. The first-order valence-electron chi connectivity index (χ1n) is 8.89. The van der Waals surface area contributed by atoms with Crippen LogP contribution in [0.25, 0.3) is 0 Å². The van der Waals surface area contributed by atoms with Crippen molar-refractivity contribution in [2.75, 3.05) is 31.9 Å². The van der Waals surface area contributed by atoms with Gasteiger partial charge in [0.15, 0.2) is 5.16 Å². The summed E-state index contributed by atoms with van der Waals surface area (Å²) in [4.78, 5) is 23.2. The van der Waals surface area contributed by atoms with Crippen LogP contribution in [0.3, 0.4) is 0 Å². The van der Waals surface area contributed by atoms with E-state index in [0.29, 0.717) is 24.1 Å². The zero-order chi connectivity index (χ0) is 20.3. The minimum absolute atomic E-state index is 0.0644. The largest absolute Gasteiger partial charge is 0.384 e. The first-order chi connectivity index (χ1) is 13.3. The number of hydrogen-bond acceptors (Lipinski definition) is 7. The number of nitrogen functional groups attached to an aromatic ring is 1. The molecule has 0 bridgehead atoms. The van der Waals surface area contributed by atoms with Gasteiger partial charge >= 0.3 is 0 Å². The van der Waals surface area contributed by atoms with E-state index >= 15 is 0 Å². The average molecular weight is 422 g/mol. The van der Waals surface area contributed by atoms with E-state index in [1.165, 1.54) is 16.1 Å². The summed E-state index contributed by atoms with van der Waals surface area (Å²) < 4.78 is 26.8. The number of benzene rings is 1. The fourth-order valence-electron chi connectivity index (χ4n) is 2.97. The van der Waals surface area contributed by atoms with Crippen molar-refractivity contribution in [3.63, 3.8) is 0 Å². The number of carbonyl (C=O) groups is 1. The Balaban J connectivity index is 1.60. The van der Waals surface area contributed by atoms with Crippen LogP contribution in [0.15, 0.2) is 46.5 Å². The number of rotatable bonds is 5. The van der Waals surface area contributed by atoms with Crippen LogP contribution in [0.2, 0.25) is 0 Å². The minimum atomic E-state index is -3.53. The number of amides is 1. The average Bonchev–Trinajstić information content (AvgIpc) is 2.67. The number of aryl methyl sites for hydroxylation is 1. The Bertz CT molecular complexity index is 925. The van der Waals surface area contributed by atoms with Gasteiger partial charge in [-0.1, -0.05) is 30.0 Å². The van der Waals surface area contributed by atoms with Gasteiger partial charge < -0.3 is 10.6 Å². The third-order valence-electron chi connectivity index (χ3n) is 4.41. The van der Waals surface area contributed by atoms with Gasteiger partial charge in [0.25, 0.3) is 0 Å². The summed E-state index contributed by atoms with van der Waals surface area (Å²) >= 11 is 1.25. The predicted molar refractivity (Wildman–Crippen MR) is 108 cm³/mol. The maximum Gasteiger partial charge on any atom is 0.243 e. The first kappa shape index (κ1) is 20.6. The minimum Gasteiger partial charge on any atom is -0.384 e. The summed E-state index contributed by atoms with van der Waals surface area (Å²) in [6.45, 7) is 4.87. The maximum atomic E-state index is 12.7. The molecule has 0 aliphatic carbocycles. The van der Waals surface area contributed by atoms with Crippen molar-refractivity contribution < 1.29 is 13.2 Å². The Morgan fingerprint density at radius 3 is 2.39 bits per heavy atom. The molecule has 1 amide bonds. The lowest BCUT2D eigenvalue weighted by Gasteiger charge is -2.35. The molecule has 1 fully saturated rings. The van der Waals surface area contributed by atoms with E-state index < -0.39 is 15.3 Å².